The molecule has 2 aliphatic rings. The van der Waals surface area contributed by atoms with E-state index in [1.807, 2.05) is 17.0 Å². The lowest BCUT2D eigenvalue weighted by molar-refractivity contribution is -0.139. The maximum Gasteiger partial charge on any atom is 0.248 e. The molecule has 1 amide bonds. The van der Waals surface area contributed by atoms with Crippen molar-refractivity contribution < 1.29 is 14.3 Å². The number of halogens is 1. The highest BCUT2D eigenvalue weighted by Crippen LogP contribution is 2.39. The highest BCUT2D eigenvalue weighted by molar-refractivity contribution is 5.78. The molecule has 0 saturated carbocycles. The van der Waals surface area contributed by atoms with Crippen LogP contribution in [0.5, 0.6) is 0 Å². The van der Waals surface area contributed by atoms with Crippen LogP contribution in [-0.4, -0.2) is 34.6 Å². The minimum Gasteiger partial charge on any atom is -0.387 e. The van der Waals surface area contributed by atoms with Gasteiger partial charge in [0.1, 0.15) is 12.4 Å². The number of piperidine rings is 1. The molecule has 2 aliphatic heterocycles. The number of hydrogen-bond acceptors (Lipinski definition) is 2. The van der Waals surface area contributed by atoms with Gasteiger partial charge >= 0.3 is 0 Å². The van der Waals surface area contributed by atoms with Crippen molar-refractivity contribution in [2.75, 3.05) is 6.61 Å². The molecule has 4 heteroatoms. The van der Waals surface area contributed by atoms with Gasteiger partial charge in [0.15, 0.2) is 0 Å². The molecule has 0 radical (unpaired) electrons. The van der Waals surface area contributed by atoms with E-state index in [1.54, 1.807) is 0 Å². The summed E-state index contributed by atoms with van der Waals surface area (Å²) in [7, 11) is 0. The molecule has 3 rings (SSSR count). The van der Waals surface area contributed by atoms with E-state index in [4.69, 9.17) is 5.11 Å². The van der Waals surface area contributed by atoms with Gasteiger partial charge in [-0.15, -0.1) is 0 Å². The Kier molecular flexibility index (Phi) is 3.74. The fourth-order valence-electron chi connectivity index (χ4n) is 3.90. The second kappa shape index (κ2) is 5.52. The van der Waals surface area contributed by atoms with Gasteiger partial charge in [-0.2, -0.15) is 0 Å². The quantitative estimate of drug-likeness (QED) is 0.919. The van der Waals surface area contributed by atoms with Crippen LogP contribution in [-0.2, 0) is 11.2 Å². The summed E-state index contributed by atoms with van der Waals surface area (Å²) in [6, 6.07) is 7.30. The van der Waals surface area contributed by atoms with Crippen molar-refractivity contribution in [3.05, 3.63) is 35.6 Å². The van der Waals surface area contributed by atoms with Gasteiger partial charge in [0, 0.05) is 12.1 Å². The van der Waals surface area contributed by atoms with Crippen molar-refractivity contribution in [3.8, 4) is 0 Å². The van der Waals surface area contributed by atoms with E-state index < -0.39 is 0 Å². The van der Waals surface area contributed by atoms with Crippen LogP contribution in [0.4, 0.5) is 4.39 Å². The first-order valence-corrected chi connectivity index (χ1v) is 7.34. The molecule has 2 unspecified atom stereocenters. The number of nitrogens with zero attached hydrogens (tertiary/aromatic N) is 1. The molecule has 2 fully saturated rings. The Morgan fingerprint density at radius 1 is 1.20 bits per heavy atom. The molecule has 2 atom stereocenters. The molecule has 20 heavy (non-hydrogen) atoms. The zero-order chi connectivity index (χ0) is 14.1. The van der Waals surface area contributed by atoms with E-state index in [9.17, 15) is 9.18 Å². The Morgan fingerprint density at radius 2 is 1.80 bits per heavy atom. The molecule has 0 aliphatic carbocycles. The molecule has 0 aromatic heterocycles. The Bertz CT molecular complexity index is 474. The Balaban J connectivity index is 1.65. The molecule has 0 spiro atoms. The Morgan fingerprint density at radius 3 is 2.35 bits per heavy atom. The number of aliphatic hydroxyl groups is 1. The van der Waals surface area contributed by atoms with Crippen molar-refractivity contribution >= 4 is 5.91 Å². The van der Waals surface area contributed by atoms with Gasteiger partial charge in [-0.05, 0) is 55.7 Å². The van der Waals surface area contributed by atoms with Crippen molar-refractivity contribution in [3.63, 3.8) is 0 Å². The van der Waals surface area contributed by atoms with Crippen LogP contribution in [0.2, 0.25) is 0 Å². The fourth-order valence-corrected chi connectivity index (χ4v) is 3.90. The van der Waals surface area contributed by atoms with Crippen molar-refractivity contribution in [2.24, 2.45) is 5.92 Å². The second-order valence-corrected chi connectivity index (χ2v) is 6.01. The van der Waals surface area contributed by atoms with Crippen LogP contribution >= 0.6 is 0 Å². The standard InChI is InChI=1S/C16H20FNO2/c17-13-3-1-11(2-4-13)7-12-8-14-5-6-15(9-12)18(14)16(20)10-19/h1-4,12,14-15,19H,5-10H2. The lowest BCUT2D eigenvalue weighted by Crippen LogP contribution is -2.48. The second-order valence-electron chi connectivity index (χ2n) is 6.01. The van der Waals surface area contributed by atoms with E-state index in [-0.39, 0.29) is 18.3 Å². The summed E-state index contributed by atoms with van der Waals surface area (Å²) in [5, 5.41) is 9.05. The topological polar surface area (TPSA) is 40.5 Å². The van der Waals surface area contributed by atoms with Crippen LogP contribution in [0.25, 0.3) is 0 Å². The first-order valence-electron chi connectivity index (χ1n) is 7.34. The van der Waals surface area contributed by atoms with Gasteiger partial charge in [-0.1, -0.05) is 12.1 Å². The summed E-state index contributed by atoms with van der Waals surface area (Å²) in [5.41, 5.74) is 1.16. The SMILES string of the molecule is O=C(CO)N1C2CCC1CC(Cc1ccc(F)cc1)C2. The highest BCUT2D eigenvalue weighted by atomic mass is 19.1. The van der Waals surface area contributed by atoms with E-state index in [1.165, 1.54) is 12.1 Å². The van der Waals surface area contributed by atoms with Crippen LogP contribution in [0.1, 0.15) is 31.2 Å². The van der Waals surface area contributed by atoms with Crippen molar-refractivity contribution in [2.45, 2.75) is 44.2 Å². The van der Waals surface area contributed by atoms with Gasteiger partial charge in [-0.3, -0.25) is 4.79 Å². The fraction of sp³-hybridized carbons (Fsp3) is 0.562. The average molecular weight is 277 g/mol. The van der Waals surface area contributed by atoms with Gasteiger partial charge in [0.05, 0.1) is 0 Å². The van der Waals surface area contributed by atoms with Crippen LogP contribution in [0.3, 0.4) is 0 Å². The average Bonchev–Trinajstić information content (AvgIpc) is 2.72. The van der Waals surface area contributed by atoms with Gasteiger partial charge in [-0.25, -0.2) is 4.39 Å². The Labute approximate surface area is 118 Å². The predicted octanol–water partition coefficient (Wildman–Crippen LogP) is 2.13. The summed E-state index contributed by atoms with van der Waals surface area (Å²) in [5.74, 6) is 0.232. The van der Waals surface area contributed by atoms with Crippen LogP contribution in [0.15, 0.2) is 24.3 Å². The molecule has 1 aromatic carbocycles. The lowest BCUT2D eigenvalue weighted by atomic mass is 9.86. The third-order valence-corrected chi connectivity index (χ3v) is 4.69. The smallest absolute Gasteiger partial charge is 0.248 e. The van der Waals surface area contributed by atoms with Gasteiger partial charge in [0.2, 0.25) is 5.91 Å². The Hall–Kier alpha value is -1.42. The van der Waals surface area contributed by atoms with Gasteiger partial charge < -0.3 is 10.0 Å². The van der Waals surface area contributed by atoms with Gasteiger partial charge in [0.25, 0.3) is 0 Å². The summed E-state index contributed by atoms with van der Waals surface area (Å²) in [4.78, 5) is 13.7. The summed E-state index contributed by atoms with van der Waals surface area (Å²) >= 11 is 0. The molecule has 2 bridgehead atoms. The first-order chi connectivity index (χ1) is 9.67. The summed E-state index contributed by atoms with van der Waals surface area (Å²) in [6.07, 6.45) is 5.06. The van der Waals surface area contributed by atoms with E-state index in [0.717, 1.165) is 37.7 Å². The third kappa shape index (κ3) is 2.57. The predicted molar refractivity (Wildman–Crippen MR) is 73.6 cm³/mol. The number of aliphatic hydroxyl groups excluding tert-OH is 1. The largest absolute Gasteiger partial charge is 0.387 e. The van der Waals surface area contributed by atoms with Crippen LogP contribution < -0.4 is 0 Å². The number of hydrogen-bond donors (Lipinski definition) is 1. The molecular weight excluding hydrogens is 257 g/mol. The molecule has 1 N–H and O–H groups in total. The third-order valence-electron chi connectivity index (χ3n) is 4.69. The molecular formula is C16H20FNO2. The highest BCUT2D eigenvalue weighted by Gasteiger charge is 2.42. The number of carbonyl (C=O) groups is 1. The zero-order valence-corrected chi connectivity index (χ0v) is 11.5. The monoisotopic (exact) mass is 277 g/mol. The number of benzene rings is 1. The zero-order valence-electron chi connectivity index (χ0n) is 11.5. The molecule has 3 nitrogen and oxygen atoms in total. The van der Waals surface area contributed by atoms with E-state index in [0.29, 0.717) is 18.0 Å². The minimum atomic E-state index is -0.379. The van der Waals surface area contributed by atoms with Crippen molar-refractivity contribution in [1.82, 2.24) is 4.90 Å². The normalized spacial score (nSPS) is 28.7. The van der Waals surface area contributed by atoms with E-state index in [2.05, 4.69) is 0 Å². The van der Waals surface area contributed by atoms with Crippen molar-refractivity contribution in [1.29, 1.82) is 0 Å². The molecule has 1 aromatic rings. The maximum absolute atomic E-state index is 12.9. The first kappa shape index (κ1) is 13.6. The van der Waals surface area contributed by atoms with E-state index >= 15 is 0 Å². The summed E-state index contributed by atoms with van der Waals surface area (Å²) < 4.78 is 12.9. The number of fused-ring (bicyclic) bond motifs is 2. The number of carbonyl (C=O) groups excluding carboxylic acids is 1. The maximum atomic E-state index is 12.9. The number of rotatable bonds is 3. The lowest BCUT2D eigenvalue weighted by Gasteiger charge is -2.38. The molecule has 2 heterocycles. The summed E-state index contributed by atoms with van der Waals surface area (Å²) in [6.45, 7) is -0.379. The molecule has 2 saturated heterocycles. The number of amides is 1. The molecule has 108 valence electrons. The van der Waals surface area contributed by atoms with Crippen LogP contribution in [0, 0.1) is 11.7 Å². The minimum absolute atomic E-state index is 0.127.